The lowest BCUT2D eigenvalue weighted by atomic mass is 10.0. The fourth-order valence-electron chi connectivity index (χ4n) is 4.47. The molecular formula is C21H21Cl2N3O. The zero-order valence-corrected chi connectivity index (χ0v) is 16.3. The SMILES string of the molecule is Cl.O=C(c1[nH]c2ccc(Cl)cc2c1-c1ccccc1)N1[C@@H]2CC[C@H]1CNC2. The van der Waals surface area contributed by atoms with E-state index in [1.54, 1.807) is 0 Å². The third-order valence-electron chi connectivity index (χ3n) is 5.65. The number of aromatic nitrogens is 1. The van der Waals surface area contributed by atoms with Gasteiger partial charge in [-0.2, -0.15) is 0 Å². The van der Waals surface area contributed by atoms with Crippen molar-refractivity contribution in [1.82, 2.24) is 15.2 Å². The van der Waals surface area contributed by atoms with Gasteiger partial charge in [-0.05, 0) is 36.6 Å². The molecule has 2 aliphatic rings. The van der Waals surface area contributed by atoms with Gasteiger partial charge < -0.3 is 15.2 Å². The molecule has 2 N–H and O–H groups in total. The number of amides is 1. The first-order valence-electron chi connectivity index (χ1n) is 9.12. The van der Waals surface area contributed by atoms with Crippen LogP contribution in [0.3, 0.4) is 0 Å². The van der Waals surface area contributed by atoms with E-state index in [1.165, 1.54) is 0 Å². The first-order chi connectivity index (χ1) is 12.7. The molecule has 0 spiro atoms. The van der Waals surface area contributed by atoms with Gasteiger partial charge in [-0.15, -0.1) is 12.4 Å². The van der Waals surface area contributed by atoms with Gasteiger partial charge in [0.1, 0.15) is 5.69 Å². The molecule has 4 nitrogen and oxygen atoms in total. The van der Waals surface area contributed by atoms with E-state index in [0.29, 0.717) is 22.8 Å². The zero-order valence-electron chi connectivity index (χ0n) is 14.7. The highest BCUT2D eigenvalue weighted by molar-refractivity contribution is 6.31. The predicted octanol–water partition coefficient (Wildman–Crippen LogP) is 4.49. The van der Waals surface area contributed by atoms with Crippen LogP contribution in [-0.2, 0) is 0 Å². The molecule has 5 rings (SSSR count). The summed E-state index contributed by atoms with van der Waals surface area (Å²) in [6.07, 6.45) is 2.16. The van der Waals surface area contributed by atoms with Crippen LogP contribution in [0.4, 0.5) is 0 Å². The van der Waals surface area contributed by atoms with Crippen molar-refractivity contribution in [3.63, 3.8) is 0 Å². The Hall–Kier alpha value is -2.01. The van der Waals surface area contributed by atoms with Crippen LogP contribution in [0.1, 0.15) is 23.3 Å². The lowest BCUT2D eigenvalue weighted by molar-refractivity contribution is 0.0615. The Morgan fingerprint density at radius 1 is 1.04 bits per heavy atom. The summed E-state index contributed by atoms with van der Waals surface area (Å²) in [5.41, 5.74) is 3.60. The highest BCUT2D eigenvalue weighted by Crippen LogP contribution is 2.37. The number of hydrogen-bond donors (Lipinski definition) is 2. The number of benzene rings is 2. The molecule has 3 heterocycles. The van der Waals surface area contributed by atoms with Crippen LogP contribution in [-0.4, -0.2) is 41.0 Å². The monoisotopic (exact) mass is 401 g/mol. The predicted molar refractivity (Wildman–Crippen MR) is 112 cm³/mol. The largest absolute Gasteiger partial charge is 0.350 e. The number of fused-ring (bicyclic) bond motifs is 3. The number of H-pyrrole nitrogens is 1. The first-order valence-corrected chi connectivity index (χ1v) is 9.50. The highest BCUT2D eigenvalue weighted by Gasteiger charge is 2.41. The van der Waals surface area contributed by atoms with Gasteiger partial charge in [0.05, 0.1) is 0 Å². The third kappa shape index (κ3) is 3.02. The topological polar surface area (TPSA) is 48.1 Å². The fraction of sp³-hybridized carbons (Fsp3) is 0.286. The molecule has 0 saturated carbocycles. The molecule has 27 heavy (non-hydrogen) atoms. The molecule has 2 atom stereocenters. The van der Waals surface area contributed by atoms with E-state index in [4.69, 9.17) is 11.6 Å². The van der Waals surface area contributed by atoms with Crippen molar-refractivity contribution in [1.29, 1.82) is 0 Å². The maximum absolute atomic E-state index is 13.5. The van der Waals surface area contributed by atoms with E-state index in [2.05, 4.69) is 15.2 Å². The molecule has 2 aromatic carbocycles. The number of carbonyl (C=O) groups is 1. The summed E-state index contributed by atoms with van der Waals surface area (Å²) < 4.78 is 0. The minimum atomic E-state index is 0. The van der Waals surface area contributed by atoms with Gasteiger partial charge in [0.25, 0.3) is 5.91 Å². The Labute approximate surface area is 169 Å². The summed E-state index contributed by atoms with van der Waals surface area (Å²) in [6, 6.07) is 16.4. The van der Waals surface area contributed by atoms with Gasteiger partial charge in [0.2, 0.25) is 0 Å². The van der Waals surface area contributed by atoms with Crippen molar-refractivity contribution >= 4 is 40.8 Å². The van der Waals surface area contributed by atoms with E-state index >= 15 is 0 Å². The van der Waals surface area contributed by atoms with Crippen LogP contribution in [0, 0.1) is 0 Å². The summed E-state index contributed by atoms with van der Waals surface area (Å²) in [4.78, 5) is 19.0. The van der Waals surface area contributed by atoms with E-state index < -0.39 is 0 Å². The smallest absolute Gasteiger partial charge is 0.271 e. The van der Waals surface area contributed by atoms with Crippen LogP contribution in [0.2, 0.25) is 5.02 Å². The molecule has 0 radical (unpaired) electrons. The number of nitrogens with zero attached hydrogens (tertiary/aromatic N) is 1. The molecule has 1 amide bonds. The standard InChI is InChI=1S/C21H20ClN3O.ClH/c22-14-6-9-18-17(10-14)19(13-4-2-1-3-5-13)20(24-18)21(26)25-15-7-8-16(25)12-23-11-15;/h1-6,9-10,15-16,23-24H,7-8,11-12H2;1H/t15-,16+;. The number of carbonyl (C=O) groups excluding carboxylic acids is 1. The second-order valence-corrected chi connectivity index (χ2v) is 7.62. The molecule has 3 aromatic rings. The van der Waals surface area contributed by atoms with Gasteiger partial charge in [-0.3, -0.25) is 4.79 Å². The molecule has 2 aliphatic heterocycles. The van der Waals surface area contributed by atoms with Gasteiger partial charge in [-0.1, -0.05) is 41.9 Å². The van der Waals surface area contributed by atoms with E-state index in [1.807, 2.05) is 48.5 Å². The van der Waals surface area contributed by atoms with Crippen molar-refractivity contribution < 1.29 is 4.79 Å². The number of hydrogen-bond acceptors (Lipinski definition) is 2. The molecule has 2 fully saturated rings. The van der Waals surface area contributed by atoms with E-state index in [0.717, 1.165) is 48.0 Å². The van der Waals surface area contributed by atoms with Crippen LogP contribution in [0.5, 0.6) is 0 Å². The molecular weight excluding hydrogens is 381 g/mol. The average Bonchev–Trinajstić information content (AvgIpc) is 3.16. The highest BCUT2D eigenvalue weighted by atomic mass is 35.5. The summed E-state index contributed by atoms with van der Waals surface area (Å²) in [5, 5.41) is 5.11. The van der Waals surface area contributed by atoms with Gasteiger partial charge in [0, 0.05) is 46.7 Å². The minimum absolute atomic E-state index is 0. The Bertz CT molecular complexity index is 970. The molecule has 0 unspecified atom stereocenters. The second kappa shape index (κ2) is 7.19. The molecule has 2 saturated heterocycles. The maximum Gasteiger partial charge on any atom is 0.271 e. The summed E-state index contributed by atoms with van der Waals surface area (Å²) in [6.45, 7) is 1.77. The number of aromatic amines is 1. The number of rotatable bonds is 2. The lowest BCUT2D eigenvalue weighted by Crippen LogP contribution is -2.54. The number of nitrogens with one attached hydrogen (secondary N) is 2. The van der Waals surface area contributed by atoms with Crippen LogP contribution < -0.4 is 5.32 Å². The fourth-order valence-corrected chi connectivity index (χ4v) is 4.64. The Morgan fingerprint density at radius 2 is 1.74 bits per heavy atom. The summed E-state index contributed by atoms with van der Waals surface area (Å²) in [7, 11) is 0. The average molecular weight is 402 g/mol. The summed E-state index contributed by atoms with van der Waals surface area (Å²) >= 11 is 6.25. The van der Waals surface area contributed by atoms with Crippen molar-refractivity contribution in [2.45, 2.75) is 24.9 Å². The third-order valence-corrected chi connectivity index (χ3v) is 5.89. The van der Waals surface area contributed by atoms with E-state index in [9.17, 15) is 4.79 Å². The number of piperazine rings is 1. The Kier molecular flexibility index (Phi) is 4.89. The molecule has 2 bridgehead atoms. The Morgan fingerprint density at radius 3 is 2.44 bits per heavy atom. The van der Waals surface area contributed by atoms with Crippen molar-refractivity contribution in [3.8, 4) is 11.1 Å². The van der Waals surface area contributed by atoms with Crippen LogP contribution in [0.25, 0.3) is 22.0 Å². The maximum atomic E-state index is 13.5. The minimum Gasteiger partial charge on any atom is -0.350 e. The van der Waals surface area contributed by atoms with Crippen molar-refractivity contribution in [2.75, 3.05) is 13.1 Å². The summed E-state index contributed by atoms with van der Waals surface area (Å²) in [5.74, 6) is 0.102. The second-order valence-electron chi connectivity index (χ2n) is 7.19. The van der Waals surface area contributed by atoms with Gasteiger partial charge >= 0.3 is 0 Å². The Balaban J connectivity index is 0.00000180. The van der Waals surface area contributed by atoms with Crippen molar-refractivity contribution in [2.24, 2.45) is 0 Å². The first kappa shape index (κ1) is 18.4. The number of halogens is 2. The molecule has 6 heteroatoms. The van der Waals surface area contributed by atoms with Gasteiger partial charge in [-0.25, -0.2) is 0 Å². The van der Waals surface area contributed by atoms with Crippen LogP contribution in [0.15, 0.2) is 48.5 Å². The lowest BCUT2D eigenvalue weighted by Gasteiger charge is -2.35. The molecule has 0 aliphatic carbocycles. The van der Waals surface area contributed by atoms with Crippen LogP contribution >= 0.6 is 24.0 Å². The normalized spacial score (nSPS) is 21.3. The van der Waals surface area contributed by atoms with E-state index in [-0.39, 0.29) is 18.3 Å². The quantitative estimate of drug-likeness (QED) is 0.664. The van der Waals surface area contributed by atoms with Gasteiger partial charge in [0.15, 0.2) is 0 Å². The zero-order chi connectivity index (χ0) is 17.7. The molecule has 1 aromatic heterocycles. The van der Waals surface area contributed by atoms with Crippen molar-refractivity contribution in [3.05, 3.63) is 59.2 Å². The molecule has 140 valence electrons.